The van der Waals surface area contributed by atoms with E-state index >= 15 is 0 Å². The number of allylic oxidation sites excluding steroid dienone is 2. The van der Waals surface area contributed by atoms with Gasteiger partial charge in [0, 0.05) is 0 Å². The lowest BCUT2D eigenvalue weighted by Gasteiger charge is -2.54. The van der Waals surface area contributed by atoms with Crippen LogP contribution in [0, 0.1) is 11.8 Å². The topological polar surface area (TPSA) is 23.5 Å². The van der Waals surface area contributed by atoms with Gasteiger partial charge in [0.15, 0.2) is 0 Å². The minimum atomic E-state index is -1.62. The van der Waals surface area contributed by atoms with Gasteiger partial charge in [-0.3, -0.25) is 4.31 Å². The molecular formula is C22H33NOS. The molecule has 0 bridgehead atoms. The van der Waals surface area contributed by atoms with E-state index in [1.807, 2.05) is 18.2 Å². The zero-order valence-electron chi connectivity index (χ0n) is 16.1. The van der Waals surface area contributed by atoms with E-state index in [1.165, 1.54) is 37.7 Å². The van der Waals surface area contributed by atoms with Crippen LogP contribution in [0.4, 0.5) is 0 Å². The molecule has 2 nitrogen and oxygen atoms in total. The van der Waals surface area contributed by atoms with Gasteiger partial charge in [0.2, 0.25) is 0 Å². The molecule has 0 spiro atoms. The normalized spacial score (nSPS) is 29.5. The molecule has 1 heterocycles. The second-order valence-corrected chi connectivity index (χ2v) is 11.2. The Bertz CT molecular complexity index is 645. The minimum Gasteiger partial charge on any atom is -0.375 e. The van der Waals surface area contributed by atoms with Crippen molar-refractivity contribution in [3.63, 3.8) is 0 Å². The molecular weight excluding hydrogens is 326 g/mol. The number of hydrogen-bond acceptors (Lipinski definition) is 2. The van der Waals surface area contributed by atoms with E-state index in [0.717, 1.165) is 5.56 Å². The summed E-state index contributed by atoms with van der Waals surface area (Å²) in [5.41, 5.74) is 2.48. The van der Waals surface area contributed by atoms with Crippen molar-refractivity contribution in [1.82, 2.24) is 4.31 Å². The van der Waals surface area contributed by atoms with Gasteiger partial charge in [-0.25, -0.2) is 0 Å². The van der Waals surface area contributed by atoms with Crippen LogP contribution >= 0.6 is 10.2 Å². The van der Waals surface area contributed by atoms with Gasteiger partial charge in [0.25, 0.3) is 0 Å². The highest BCUT2D eigenvalue weighted by atomic mass is 32.3. The molecule has 138 valence electrons. The summed E-state index contributed by atoms with van der Waals surface area (Å²) in [6.07, 6.45) is 8.97. The molecule has 2 unspecified atom stereocenters. The first-order chi connectivity index (χ1) is 11.9. The van der Waals surface area contributed by atoms with Crippen molar-refractivity contribution in [2.24, 2.45) is 11.8 Å². The van der Waals surface area contributed by atoms with E-state index < -0.39 is 15.1 Å². The second kappa shape index (κ2) is 7.30. The maximum absolute atomic E-state index is 12.1. The standard InChI is InChI=1S/C22H33NOS/c1-18(2)22(24,21-13-9-6-10-14-21)25(23(3)4)16-15-20(17-25)19-11-7-5-8-12-19/h6,9-10,13-19,24H,5,7-8,11-12H2,1-4H3. The monoisotopic (exact) mass is 359 g/mol. The Morgan fingerprint density at radius 2 is 1.72 bits per heavy atom. The lowest BCUT2D eigenvalue weighted by molar-refractivity contribution is 0.0790. The Labute approximate surface area is 155 Å². The predicted molar refractivity (Wildman–Crippen MR) is 110 cm³/mol. The maximum Gasteiger partial charge on any atom is 0.141 e. The Kier molecular flexibility index (Phi) is 5.48. The van der Waals surface area contributed by atoms with Crippen LogP contribution in [0.3, 0.4) is 0 Å². The van der Waals surface area contributed by atoms with Gasteiger partial charge in [0.1, 0.15) is 4.93 Å². The lowest BCUT2D eigenvalue weighted by Crippen LogP contribution is -2.41. The van der Waals surface area contributed by atoms with Gasteiger partial charge < -0.3 is 5.11 Å². The van der Waals surface area contributed by atoms with E-state index in [4.69, 9.17) is 0 Å². The van der Waals surface area contributed by atoms with E-state index in [1.54, 1.807) is 0 Å². The SMILES string of the molecule is CC(C)C(O)(c1ccccc1)S1(N(C)C)C=CC(C2CCCCC2)=C1. The first-order valence-electron chi connectivity index (χ1n) is 9.60. The van der Waals surface area contributed by atoms with Crippen LogP contribution in [0.5, 0.6) is 0 Å². The molecule has 0 saturated heterocycles. The third-order valence-electron chi connectivity index (χ3n) is 5.93. The molecule has 3 heteroatoms. The van der Waals surface area contributed by atoms with Gasteiger partial charge in [-0.15, -0.1) is 10.2 Å². The molecule has 3 rings (SSSR count). The van der Waals surface area contributed by atoms with E-state index in [0.29, 0.717) is 5.92 Å². The highest BCUT2D eigenvalue weighted by Crippen LogP contribution is 2.71. The summed E-state index contributed by atoms with van der Waals surface area (Å²) in [5, 5.41) is 16.9. The van der Waals surface area contributed by atoms with Gasteiger partial charge in [-0.1, -0.05) is 69.5 Å². The maximum atomic E-state index is 12.1. The number of aliphatic hydroxyl groups is 1. The van der Waals surface area contributed by atoms with Gasteiger partial charge >= 0.3 is 0 Å². The van der Waals surface area contributed by atoms with E-state index in [-0.39, 0.29) is 5.92 Å². The summed E-state index contributed by atoms with van der Waals surface area (Å²) < 4.78 is 2.27. The van der Waals surface area contributed by atoms with Crippen molar-refractivity contribution in [3.8, 4) is 0 Å². The van der Waals surface area contributed by atoms with Crippen molar-refractivity contribution >= 4 is 10.2 Å². The molecule has 1 aromatic rings. The number of nitrogens with zero attached hydrogens (tertiary/aromatic N) is 1. The second-order valence-electron chi connectivity index (χ2n) is 7.96. The van der Waals surface area contributed by atoms with Crippen molar-refractivity contribution in [2.75, 3.05) is 14.1 Å². The largest absolute Gasteiger partial charge is 0.375 e. The fourth-order valence-corrected chi connectivity index (χ4v) is 8.21. The molecule has 1 aromatic carbocycles. The summed E-state index contributed by atoms with van der Waals surface area (Å²) in [6.45, 7) is 4.29. The fourth-order valence-electron chi connectivity index (χ4n) is 4.41. The molecule has 0 aromatic heterocycles. The van der Waals surface area contributed by atoms with Crippen LogP contribution in [-0.4, -0.2) is 23.5 Å². The van der Waals surface area contributed by atoms with Crippen molar-refractivity contribution in [1.29, 1.82) is 0 Å². The average molecular weight is 360 g/mol. The molecule has 1 saturated carbocycles. The lowest BCUT2D eigenvalue weighted by atomic mass is 9.84. The molecule has 0 amide bonds. The van der Waals surface area contributed by atoms with Crippen molar-refractivity contribution in [2.45, 2.75) is 50.9 Å². The van der Waals surface area contributed by atoms with Crippen LogP contribution in [-0.2, 0) is 4.93 Å². The Morgan fingerprint density at radius 3 is 2.28 bits per heavy atom. The summed E-state index contributed by atoms with van der Waals surface area (Å²) in [4.78, 5) is -0.884. The van der Waals surface area contributed by atoms with Gasteiger partial charge in [-0.05, 0) is 60.7 Å². The molecule has 2 atom stereocenters. The zero-order chi connectivity index (χ0) is 18.1. The Hall–Kier alpha value is -1.03. The molecule has 1 aliphatic carbocycles. The average Bonchev–Trinajstić information content (AvgIpc) is 3.09. The summed E-state index contributed by atoms with van der Waals surface area (Å²) in [7, 11) is 2.62. The predicted octanol–water partition coefficient (Wildman–Crippen LogP) is 5.76. The van der Waals surface area contributed by atoms with E-state index in [9.17, 15) is 5.11 Å². The van der Waals surface area contributed by atoms with Gasteiger partial charge in [0.05, 0.1) is 0 Å². The highest BCUT2D eigenvalue weighted by Gasteiger charge is 2.50. The van der Waals surface area contributed by atoms with Crippen LogP contribution in [0.2, 0.25) is 0 Å². The highest BCUT2D eigenvalue weighted by molar-refractivity contribution is 8.37. The van der Waals surface area contributed by atoms with Crippen LogP contribution in [0.25, 0.3) is 0 Å². The number of benzene rings is 1. The molecule has 0 radical (unpaired) electrons. The first-order valence-corrected chi connectivity index (χ1v) is 11.3. The minimum absolute atomic E-state index is 0.124. The Balaban J connectivity index is 2.08. The summed E-state index contributed by atoms with van der Waals surface area (Å²) in [6, 6.07) is 10.3. The molecule has 2 aliphatic rings. The molecule has 1 fully saturated rings. The third-order valence-corrected chi connectivity index (χ3v) is 10.0. The quantitative estimate of drug-likeness (QED) is 0.722. The van der Waals surface area contributed by atoms with Crippen LogP contribution < -0.4 is 0 Å². The first kappa shape index (κ1) is 18.8. The summed E-state index contributed by atoms with van der Waals surface area (Å²) >= 11 is 0. The smallest absolute Gasteiger partial charge is 0.141 e. The Morgan fingerprint density at radius 1 is 1.08 bits per heavy atom. The molecule has 1 aliphatic heterocycles. The number of hydrogen-bond donors (Lipinski definition) is 1. The van der Waals surface area contributed by atoms with E-state index in [2.05, 4.69) is 61.3 Å². The summed E-state index contributed by atoms with van der Waals surface area (Å²) in [5.74, 6) is 0.797. The number of rotatable bonds is 5. The fraction of sp³-hybridized carbons (Fsp3) is 0.545. The molecule has 1 N–H and O–H groups in total. The van der Waals surface area contributed by atoms with Gasteiger partial charge in [-0.2, -0.15) is 0 Å². The van der Waals surface area contributed by atoms with Crippen molar-refractivity contribution in [3.05, 3.63) is 58.4 Å². The zero-order valence-corrected chi connectivity index (χ0v) is 16.9. The van der Waals surface area contributed by atoms with Crippen LogP contribution in [0.1, 0.15) is 51.5 Å². The third kappa shape index (κ3) is 3.11. The molecule has 25 heavy (non-hydrogen) atoms. The van der Waals surface area contributed by atoms with Crippen LogP contribution in [0.15, 0.2) is 52.8 Å². The van der Waals surface area contributed by atoms with Crippen molar-refractivity contribution < 1.29 is 5.11 Å².